The molecular weight excluding hydrogens is 308 g/mol. The molecule has 3 rings (SSSR count). The number of carbonyl (C=O) groups excluding carboxylic acids is 2. The fourth-order valence-electron chi connectivity index (χ4n) is 2.96. The lowest BCUT2D eigenvalue weighted by Gasteiger charge is -2.34. The van der Waals surface area contributed by atoms with E-state index in [1.54, 1.807) is 23.4 Å². The monoisotopic (exact) mass is 330 g/mol. The molecule has 1 amide bonds. The van der Waals surface area contributed by atoms with E-state index >= 15 is 0 Å². The summed E-state index contributed by atoms with van der Waals surface area (Å²) in [6.07, 6.45) is 9.91. The van der Waals surface area contributed by atoms with E-state index in [2.05, 4.69) is 16.0 Å². The molecule has 7 nitrogen and oxygen atoms in total. The quantitative estimate of drug-likeness (QED) is 0.606. The van der Waals surface area contributed by atoms with Gasteiger partial charge in [-0.15, -0.1) is 0 Å². The zero-order valence-corrected chi connectivity index (χ0v) is 13.6. The number of aromatic nitrogens is 2. The average molecular weight is 330 g/mol. The first-order chi connectivity index (χ1) is 11.7. The first-order valence-electron chi connectivity index (χ1n) is 8.35. The normalized spacial score (nSPS) is 20.8. The van der Waals surface area contributed by atoms with E-state index in [1.807, 2.05) is 11.0 Å². The second kappa shape index (κ2) is 7.90. The molecule has 1 atom stereocenters. The predicted octanol–water partition coefficient (Wildman–Crippen LogP) is 1.02. The summed E-state index contributed by atoms with van der Waals surface area (Å²) in [6.45, 7) is 2.36. The van der Waals surface area contributed by atoms with Crippen molar-refractivity contribution in [3.05, 3.63) is 30.6 Å². The van der Waals surface area contributed by atoms with E-state index in [9.17, 15) is 9.59 Å². The van der Waals surface area contributed by atoms with Gasteiger partial charge in [-0.2, -0.15) is 0 Å². The van der Waals surface area contributed by atoms with Crippen molar-refractivity contribution in [3.8, 4) is 0 Å². The van der Waals surface area contributed by atoms with Gasteiger partial charge in [0.1, 0.15) is 0 Å². The molecule has 0 spiro atoms. The lowest BCUT2D eigenvalue weighted by molar-refractivity contribution is -0.155. The van der Waals surface area contributed by atoms with Crippen LogP contribution in [-0.4, -0.2) is 59.5 Å². The molecule has 0 N–H and O–H groups in total. The number of hydrogen-bond donors (Lipinski definition) is 0. The fourth-order valence-corrected chi connectivity index (χ4v) is 2.96. The van der Waals surface area contributed by atoms with Gasteiger partial charge in [-0.25, -0.2) is 9.97 Å². The minimum Gasteiger partial charge on any atom is -0.455 e. The third kappa shape index (κ3) is 4.10. The largest absolute Gasteiger partial charge is 0.455 e. The summed E-state index contributed by atoms with van der Waals surface area (Å²) >= 11 is 0. The van der Waals surface area contributed by atoms with E-state index < -0.39 is 0 Å². The molecule has 24 heavy (non-hydrogen) atoms. The number of piperazine rings is 1. The Morgan fingerprint density at radius 2 is 1.88 bits per heavy atom. The second-order valence-electron chi connectivity index (χ2n) is 6.01. The van der Waals surface area contributed by atoms with Gasteiger partial charge in [0.2, 0.25) is 5.95 Å². The third-order valence-corrected chi connectivity index (χ3v) is 4.41. The Kier molecular flexibility index (Phi) is 5.40. The van der Waals surface area contributed by atoms with Gasteiger partial charge in [-0.3, -0.25) is 9.59 Å². The number of ether oxygens (including phenoxy) is 1. The van der Waals surface area contributed by atoms with Crippen LogP contribution in [0.4, 0.5) is 5.95 Å². The van der Waals surface area contributed by atoms with Gasteiger partial charge in [-0.05, 0) is 25.3 Å². The summed E-state index contributed by atoms with van der Waals surface area (Å²) in [5.41, 5.74) is 0. The molecule has 1 aliphatic heterocycles. The number of amides is 1. The highest BCUT2D eigenvalue weighted by atomic mass is 16.5. The molecule has 7 heteroatoms. The molecular formula is C17H22N4O3. The first-order valence-corrected chi connectivity index (χ1v) is 8.35. The summed E-state index contributed by atoms with van der Waals surface area (Å²) in [5, 5.41) is 0. The van der Waals surface area contributed by atoms with Crippen LogP contribution < -0.4 is 4.90 Å². The summed E-state index contributed by atoms with van der Waals surface area (Å²) in [5.74, 6) is 0.184. The van der Waals surface area contributed by atoms with Crippen molar-refractivity contribution in [1.82, 2.24) is 14.9 Å². The maximum absolute atomic E-state index is 12.2. The van der Waals surface area contributed by atoms with Gasteiger partial charge in [0.25, 0.3) is 5.91 Å². The van der Waals surface area contributed by atoms with E-state index in [4.69, 9.17) is 4.74 Å². The molecule has 1 aromatic heterocycles. The minimum absolute atomic E-state index is 0.102. The van der Waals surface area contributed by atoms with E-state index in [1.165, 1.54) is 0 Å². The lowest BCUT2D eigenvalue weighted by Crippen LogP contribution is -2.50. The summed E-state index contributed by atoms with van der Waals surface area (Å²) < 4.78 is 5.21. The van der Waals surface area contributed by atoms with Crippen LogP contribution in [0.3, 0.4) is 0 Å². The van der Waals surface area contributed by atoms with Crippen LogP contribution >= 0.6 is 0 Å². The predicted molar refractivity (Wildman–Crippen MR) is 88.3 cm³/mol. The van der Waals surface area contributed by atoms with Crippen LogP contribution in [0, 0.1) is 5.92 Å². The molecule has 128 valence electrons. The van der Waals surface area contributed by atoms with Crippen LogP contribution in [0.25, 0.3) is 0 Å². The summed E-state index contributed by atoms with van der Waals surface area (Å²) in [4.78, 5) is 36.4. The van der Waals surface area contributed by atoms with Gasteiger partial charge in [0.05, 0.1) is 5.92 Å². The lowest BCUT2D eigenvalue weighted by atomic mass is 9.95. The van der Waals surface area contributed by atoms with Crippen LogP contribution in [0.15, 0.2) is 30.6 Å². The Balaban J connectivity index is 1.42. The smallest absolute Gasteiger partial charge is 0.309 e. The first kappa shape index (κ1) is 16.4. The maximum Gasteiger partial charge on any atom is 0.309 e. The summed E-state index contributed by atoms with van der Waals surface area (Å²) in [6, 6.07) is 1.78. The number of rotatable bonds is 4. The van der Waals surface area contributed by atoms with Gasteiger partial charge in [-0.1, -0.05) is 12.2 Å². The highest BCUT2D eigenvalue weighted by Gasteiger charge is 2.25. The standard InChI is InChI=1S/C17H22N4O3/c22-15(13-24-16(23)14-5-2-1-3-6-14)20-9-11-21(12-10-20)17-18-7-4-8-19-17/h1-2,4,7-8,14H,3,5-6,9-13H2/t14-/m0/s1. The molecule has 1 aliphatic carbocycles. The SMILES string of the molecule is O=C(OCC(=O)N1CCN(c2ncccn2)CC1)[C@H]1CC=CCC1. The molecule has 0 bridgehead atoms. The average Bonchev–Trinajstić information content (AvgIpc) is 2.67. The topological polar surface area (TPSA) is 75.6 Å². The molecule has 1 aromatic rings. The number of esters is 1. The van der Waals surface area contributed by atoms with Crippen molar-refractivity contribution in [2.24, 2.45) is 5.92 Å². The van der Waals surface area contributed by atoms with Crippen molar-refractivity contribution in [2.75, 3.05) is 37.7 Å². The second-order valence-corrected chi connectivity index (χ2v) is 6.01. The highest BCUT2D eigenvalue weighted by Crippen LogP contribution is 2.19. The number of carbonyl (C=O) groups is 2. The molecule has 0 unspecified atom stereocenters. The van der Waals surface area contributed by atoms with E-state index in [0.717, 1.165) is 12.8 Å². The number of allylic oxidation sites excluding steroid dienone is 2. The zero-order chi connectivity index (χ0) is 16.8. The summed E-state index contributed by atoms with van der Waals surface area (Å²) in [7, 11) is 0. The number of anilines is 1. The van der Waals surface area contributed by atoms with Crippen LogP contribution in [0.5, 0.6) is 0 Å². The molecule has 0 saturated carbocycles. The minimum atomic E-state index is -0.260. The van der Waals surface area contributed by atoms with Crippen LogP contribution in [0.2, 0.25) is 0 Å². The van der Waals surface area contributed by atoms with Crippen molar-refractivity contribution >= 4 is 17.8 Å². The van der Waals surface area contributed by atoms with Crippen LogP contribution in [-0.2, 0) is 14.3 Å². The Hall–Kier alpha value is -2.44. The third-order valence-electron chi connectivity index (χ3n) is 4.41. The molecule has 1 saturated heterocycles. The van der Waals surface area contributed by atoms with Gasteiger partial charge in [0.15, 0.2) is 6.61 Å². The van der Waals surface area contributed by atoms with Gasteiger partial charge >= 0.3 is 5.97 Å². The maximum atomic E-state index is 12.2. The van der Waals surface area contributed by atoms with E-state index in [-0.39, 0.29) is 24.4 Å². The highest BCUT2D eigenvalue weighted by molar-refractivity contribution is 5.81. The molecule has 0 radical (unpaired) electrons. The number of hydrogen-bond acceptors (Lipinski definition) is 6. The molecule has 1 fully saturated rings. The van der Waals surface area contributed by atoms with Crippen molar-refractivity contribution in [2.45, 2.75) is 19.3 Å². The fraction of sp³-hybridized carbons (Fsp3) is 0.529. The van der Waals surface area contributed by atoms with E-state index in [0.29, 0.717) is 38.5 Å². The van der Waals surface area contributed by atoms with Crippen molar-refractivity contribution in [1.29, 1.82) is 0 Å². The van der Waals surface area contributed by atoms with Crippen molar-refractivity contribution < 1.29 is 14.3 Å². The van der Waals surface area contributed by atoms with Gasteiger partial charge < -0.3 is 14.5 Å². The molecule has 0 aromatic carbocycles. The number of nitrogens with zero attached hydrogens (tertiary/aromatic N) is 4. The Morgan fingerprint density at radius 3 is 2.54 bits per heavy atom. The molecule has 2 aliphatic rings. The zero-order valence-electron chi connectivity index (χ0n) is 13.6. The Morgan fingerprint density at radius 1 is 1.12 bits per heavy atom. The van der Waals surface area contributed by atoms with Crippen LogP contribution in [0.1, 0.15) is 19.3 Å². The molecule has 2 heterocycles. The van der Waals surface area contributed by atoms with Crippen molar-refractivity contribution in [3.63, 3.8) is 0 Å². The van der Waals surface area contributed by atoms with Gasteiger partial charge in [0, 0.05) is 38.6 Å². The Bertz CT molecular complexity index is 597. The Labute approximate surface area is 141 Å².